The molecule has 1 heteroatoms. The van der Waals surface area contributed by atoms with Crippen molar-refractivity contribution in [2.75, 3.05) is 0 Å². The second-order valence-corrected chi connectivity index (χ2v) is 2.94. The fourth-order valence-corrected chi connectivity index (χ4v) is 1.27. The van der Waals surface area contributed by atoms with Crippen LogP contribution in [0.4, 0.5) is 0 Å². The number of hydrogen-bond donors (Lipinski definition) is 1. The molecule has 0 saturated heterocycles. The van der Waals surface area contributed by atoms with E-state index in [1.54, 1.807) is 0 Å². The highest BCUT2D eigenvalue weighted by Crippen LogP contribution is 2.19. The van der Waals surface area contributed by atoms with Crippen LogP contribution in [-0.2, 0) is 0 Å². The fraction of sp³-hybridized carbons (Fsp3) is 0.750. The van der Waals surface area contributed by atoms with Gasteiger partial charge in [0.15, 0.2) is 0 Å². The Labute approximate surface area is 56.9 Å². The van der Waals surface area contributed by atoms with Gasteiger partial charge in [-0.2, -0.15) is 0 Å². The molecular formula is C8H15N. The van der Waals surface area contributed by atoms with E-state index in [1.165, 1.54) is 24.8 Å². The van der Waals surface area contributed by atoms with Crippen molar-refractivity contribution >= 4 is 0 Å². The fourth-order valence-electron chi connectivity index (χ4n) is 1.27. The molecule has 1 saturated carbocycles. The second-order valence-electron chi connectivity index (χ2n) is 2.94. The van der Waals surface area contributed by atoms with E-state index in [0.29, 0.717) is 6.04 Å². The van der Waals surface area contributed by atoms with Crippen molar-refractivity contribution in [3.05, 3.63) is 12.2 Å². The minimum Gasteiger partial charge on any atom is -0.328 e. The third-order valence-electron chi connectivity index (χ3n) is 1.97. The van der Waals surface area contributed by atoms with Crippen molar-refractivity contribution in [1.82, 2.24) is 0 Å². The predicted molar refractivity (Wildman–Crippen MR) is 40.2 cm³/mol. The van der Waals surface area contributed by atoms with Crippen molar-refractivity contribution in [3.8, 4) is 0 Å². The summed E-state index contributed by atoms with van der Waals surface area (Å²) < 4.78 is 0. The lowest BCUT2D eigenvalue weighted by Crippen LogP contribution is -2.17. The van der Waals surface area contributed by atoms with E-state index < -0.39 is 0 Å². The van der Waals surface area contributed by atoms with Gasteiger partial charge < -0.3 is 5.73 Å². The molecule has 0 aromatic heterocycles. The molecule has 1 aliphatic rings. The summed E-state index contributed by atoms with van der Waals surface area (Å²) in [6.07, 6.45) is 5.95. The van der Waals surface area contributed by atoms with Crippen molar-refractivity contribution in [2.24, 2.45) is 5.73 Å². The highest BCUT2D eigenvalue weighted by molar-refractivity contribution is 4.96. The van der Waals surface area contributed by atoms with Gasteiger partial charge in [0, 0.05) is 6.04 Å². The standard InChI is InChI=1S/C8H15N/c1-7-3-2-4-8(9)6-5-7/h8H,1-6,9H2/t8-/m0/s1. The van der Waals surface area contributed by atoms with Crippen LogP contribution in [0.1, 0.15) is 32.1 Å². The number of rotatable bonds is 0. The second kappa shape index (κ2) is 3.02. The molecule has 0 spiro atoms. The zero-order chi connectivity index (χ0) is 6.69. The maximum atomic E-state index is 5.76. The number of hydrogen-bond acceptors (Lipinski definition) is 1. The maximum Gasteiger partial charge on any atom is 0.00419 e. The predicted octanol–water partition coefficient (Wildman–Crippen LogP) is 1.83. The summed E-state index contributed by atoms with van der Waals surface area (Å²) in [5.74, 6) is 0. The van der Waals surface area contributed by atoms with Gasteiger partial charge in [-0.15, -0.1) is 0 Å². The Kier molecular flexibility index (Phi) is 2.29. The van der Waals surface area contributed by atoms with Gasteiger partial charge in [0.05, 0.1) is 0 Å². The van der Waals surface area contributed by atoms with E-state index in [1.807, 2.05) is 0 Å². The Hall–Kier alpha value is -0.300. The van der Waals surface area contributed by atoms with Crippen molar-refractivity contribution in [1.29, 1.82) is 0 Å². The normalized spacial score (nSPS) is 29.9. The van der Waals surface area contributed by atoms with Crippen LogP contribution in [0, 0.1) is 0 Å². The molecule has 1 fully saturated rings. The summed E-state index contributed by atoms with van der Waals surface area (Å²) in [6.45, 7) is 3.95. The van der Waals surface area contributed by atoms with Gasteiger partial charge in [0.2, 0.25) is 0 Å². The molecule has 1 aliphatic carbocycles. The highest BCUT2D eigenvalue weighted by atomic mass is 14.6. The summed E-state index contributed by atoms with van der Waals surface area (Å²) >= 11 is 0. The van der Waals surface area contributed by atoms with E-state index in [-0.39, 0.29) is 0 Å². The van der Waals surface area contributed by atoms with Gasteiger partial charge in [0.1, 0.15) is 0 Å². The Morgan fingerprint density at radius 3 is 2.89 bits per heavy atom. The summed E-state index contributed by atoms with van der Waals surface area (Å²) in [7, 11) is 0. The summed E-state index contributed by atoms with van der Waals surface area (Å²) in [5.41, 5.74) is 7.15. The molecule has 0 heterocycles. The lowest BCUT2D eigenvalue weighted by molar-refractivity contribution is 0.586. The monoisotopic (exact) mass is 125 g/mol. The Bertz CT molecular complexity index is 107. The van der Waals surface area contributed by atoms with E-state index >= 15 is 0 Å². The van der Waals surface area contributed by atoms with Gasteiger partial charge in [-0.05, 0) is 32.1 Å². The third-order valence-corrected chi connectivity index (χ3v) is 1.97. The van der Waals surface area contributed by atoms with Crippen LogP contribution in [0.15, 0.2) is 12.2 Å². The molecular weight excluding hydrogens is 110 g/mol. The van der Waals surface area contributed by atoms with Gasteiger partial charge in [0.25, 0.3) is 0 Å². The largest absolute Gasteiger partial charge is 0.328 e. The van der Waals surface area contributed by atoms with Crippen molar-refractivity contribution in [2.45, 2.75) is 38.1 Å². The van der Waals surface area contributed by atoms with E-state index in [9.17, 15) is 0 Å². The summed E-state index contributed by atoms with van der Waals surface area (Å²) in [5, 5.41) is 0. The van der Waals surface area contributed by atoms with Crippen LogP contribution in [0.2, 0.25) is 0 Å². The Balaban J connectivity index is 2.34. The van der Waals surface area contributed by atoms with E-state index in [4.69, 9.17) is 5.73 Å². The summed E-state index contributed by atoms with van der Waals surface area (Å²) in [6, 6.07) is 0.448. The Morgan fingerprint density at radius 2 is 2.11 bits per heavy atom. The molecule has 0 unspecified atom stereocenters. The smallest absolute Gasteiger partial charge is 0.00419 e. The lowest BCUT2D eigenvalue weighted by atomic mass is 10.1. The molecule has 2 N–H and O–H groups in total. The topological polar surface area (TPSA) is 26.0 Å². The molecule has 0 amide bonds. The van der Waals surface area contributed by atoms with Crippen molar-refractivity contribution in [3.63, 3.8) is 0 Å². The molecule has 1 atom stereocenters. The Morgan fingerprint density at radius 1 is 1.33 bits per heavy atom. The highest BCUT2D eigenvalue weighted by Gasteiger charge is 2.08. The first-order valence-corrected chi connectivity index (χ1v) is 3.71. The molecule has 52 valence electrons. The zero-order valence-electron chi connectivity index (χ0n) is 5.90. The van der Waals surface area contributed by atoms with Crippen LogP contribution in [0.25, 0.3) is 0 Å². The van der Waals surface area contributed by atoms with Gasteiger partial charge in [-0.1, -0.05) is 12.2 Å². The third kappa shape index (κ3) is 2.19. The van der Waals surface area contributed by atoms with Crippen LogP contribution >= 0.6 is 0 Å². The minimum absolute atomic E-state index is 0.448. The molecule has 0 bridgehead atoms. The average Bonchev–Trinajstić information content (AvgIpc) is 1.97. The van der Waals surface area contributed by atoms with Crippen LogP contribution in [0.5, 0.6) is 0 Å². The molecule has 0 aromatic rings. The van der Waals surface area contributed by atoms with Crippen LogP contribution in [0.3, 0.4) is 0 Å². The van der Waals surface area contributed by atoms with E-state index in [2.05, 4.69) is 6.58 Å². The van der Waals surface area contributed by atoms with Gasteiger partial charge in [-0.3, -0.25) is 0 Å². The van der Waals surface area contributed by atoms with E-state index in [0.717, 1.165) is 12.8 Å². The quantitative estimate of drug-likeness (QED) is 0.388. The van der Waals surface area contributed by atoms with Gasteiger partial charge in [-0.25, -0.2) is 0 Å². The first-order valence-electron chi connectivity index (χ1n) is 3.71. The first-order chi connectivity index (χ1) is 4.29. The van der Waals surface area contributed by atoms with Gasteiger partial charge >= 0.3 is 0 Å². The van der Waals surface area contributed by atoms with Crippen LogP contribution in [-0.4, -0.2) is 6.04 Å². The summed E-state index contributed by atoms with van der Waals surface area (Å²) in [4.78, 5) is 0. The number of allylic oxidation sites excluding steroid dienone is 1. The lowest BCUT2D eigenvalue weighted by Gasteiger charge is -2.03. The molecule has 9 heavy (non-hydrogen) atoms. The van der Waals surface area contributed by atoms with Crippen molar-refractivity contribution < 1.29 is 0 Å². The average molecular weight is 125 g/mol. The number of nitrogens with two attached hydrogens (primary N) is 1. The maximum absolute atomic E-state index is 5.76. The molecule has 0 aliphatic heterocycles. The SMILES string of the molecule is C=C1CCC[C@H](N)CC1. The van der Waals surface area contributed by atoms with Crippen LogP contribution < -0.4 is 5.73 Å². The molecule has 0 aromatic carbocycles. The minimum atomic E-state index is 0.448. The molecule has 1 nitrogen and oxygen atoms in total. The molecule has 1 rings (SSSR count). The first kappa shape index (κ1) is 6.81. The zero-order valence-corrected chi connectivity index (χ0v) is 5.90. The molecule has 0 radical (unpaired) electrons.